The molecule has 0 aliphatic carbocycles. The molecule has 7 nitrogen and oxygen atoms in total. The van der Waals surface area contributed by atoms with Crippen LogP contribution < -0.4 is 15.8 Å². The van der Waals surface area contributed by atoms with Gasteiger partial charge in [0.1, 0.15) is 18.5 Å². The molecule has 1 aromatic rings. The third-order valence-corrected chi connectivity index (χ3v) is 3.39. The lowest BCUT2D eigenvalue weighted by atomic mass is 10.1. The van der Waals surface area contributed by atoms with Crippen LogP contribution in [-0.4, -0.2) is 50.1 Å². The SMILES string of the molecule is NC(=O)COC1COCCC1NC(=O)c1cccc(OC(F)(F)F)c1. The Labute approximate surface area is 141 Å². The van der Waals surface area contributed by atoms with Crippen molar-refractivity contribution in [3.05, 3.63) is 29.8 Å². The number of ether oxygens (including phenoxy) is 3. The van der Waals surface area contributed by atoms with Crippen molar-refractivity contribution in [2.24, 2.45) is 5.73 Å². The number of alkyl halides is 3. The maximum atomic E-state index is 12.3. The fourth-order valence-corrected chi connectivity index (χ4v) is 2.32. The number of halogens is 3. The summed E-state index contributed by atoms with van der Waals surface area (Å²) in [6.45, 7) is 0.212. The van der Waals surface area contributed by atoms with Crippen molar-refractivity contribution in [2.45, 2.75) is 24.9 Å². The van der Waals surface area contributed by atoms with Crippen LogP contribution in [0.2, 0.25) is 0 Å². The smallest absolute Gasteiger partial charge is 0.406 e. The Morgan fingerprint density at radius 3 is 2.80 bits per heavy atom. The Kier molecular flexibility index (Phi) is 6.21. The van der Waals surface area contributed by atoms with Gasteiger partial charge in [-0.1, -0.05) is 6.07 Å². The minimum absolute atomic E-state index is 0.00175. The second kappa shape index (κ2) is 8.17. The number of nitrogens with two attached hydrogens (primary N) is 1. The third kappa shape index (κ3) is 6.24. The van der Waals surface area contributed by atoms with E-state index in [1.54, 1.807) is 0 Å². The van der Waals surface area contributed by atoms with Gasteiger partial charge in [-0.15, -0.1) is 13.2 Å². The lowest BCUT2D eigenvalue weighted by molar-refractivity contribution is -0.274. The van der Waals surface area contributed by atoms with Crippen molar-refractivity contribution in [1.29, 1.82) is 0 Å². The quantitative estimate of drug-likeness (QED) is 0.786. The molecular weight excluding hydrogens is 345 g/mol. The van der Waals surface area contributed by atoms with Gasteiger partial charge in [0.25, 0.3) is 5.91 Å². The van der Waals surface area contributed by atoms with E-state index < -0.39 is 36.1 Å². The molecule has 2 rings (SSSR count). The average molecular weight is 362 g/mol. The van der Waals surface area contributed by atoms with Crippen molar-refractivity contribution in [3.63, 3.8) is 0 Å². The highest BCUT2D eigenvalue weighted by Crippen LogP contribution is 2.23. The third-order valence-electron chi connectivity index (χ3n) is 3.39. The first kappa shape index (κ1) is 19.0. The fraction of sp³-hybridized carbons (Fsp3) is 0.467. The van der Waals surface area contributed by atoms with E-state index in [1.807, 2.05) is 0 Å². The van der Waals surface area contributed by atoms with Gasteiger partial charge in [0.05, 0.1) is 12.6 Å². The van der Waals surface area contributed by atoms with Crippen LogP contribution in [0, 0.1) is 0 Å². The van der Waals surface area contributed by atoms with Gasteiger partial charge in [-0.25, -0.2) is 0 Å². The van der Waals surface area contributed by atoms with Gasteiger partial charge in [0.15, 0.2) is 0 Å². The van der Waals surface area contributed by atoms with Gasteiger partial charge in [0, 0.05) is 12.2 Å². The Balaban J connectivity index is 2.02. The molecule has 10 heteroatoms. The minimum atomic E-state index is -4.84. The van der Waals surface area contributed by atoms with Crippen LogP contribution in [0.25, 0.3) is 0 Å². The summed E-state index contributed by atoms with van der Waals surface area (Å²) < 4.78 is 51.1. The summed E-state index contributed by atoms with van der Waals surface area (Å²) in [4.78, 5) is 23.1. The number of rotatable bonds is 6. The summed E-state index contributed by atoms with van der Waals surface area (Å²) >= 11 is 0. The molecule has 0 bridgehead atoms. The lowest BCUT2D eigenvalue weighted by Gasteiger charge is -2.31. The van der Waals surface area contributed by atoms with Gasteiger partial charge < -0.3 is 25.3 Å². The van der Waals surface area contributed by atoms with Crippen LogP contribution in [-0.2, 0) is 14.3 Å². The Hall–Kier alpha value is -2.33. The van der Waals surface area contributed by atoms with Crippen molar-refractivity contribution >= 4 is 11.8 Å². The molecule has 1 fully saturated rings. The van der Waals surface area contributed by atoms with Crippen molar-refractivity contribution in [1.82, 2.24) is 5.32 Å². The van der Waals surface area contributed by atoms with Gasteiger partial charge in [0.2, 0.25) is 5.91 Å². The van der Waals surface area contributed by atoms with Gasteiger partial charge >= 0.3 is 6.36 Å². The number of hydrogen-bond acceptors (Lipinski definition) is 5. The van der Waals surface area contributed by atoms with Crippen LogP contribution in [0.3, 0.4) is 0 Å². The van der Waals surface area contributed by atoms with E-state index in [0.29, 0.717) is 13.0 Å². The first-order valence-electron chi connectivity index (χ1n) is 7.39. The zero-order chi connectivity index (χ0) is 18.4. The largest absolute Gasteiger partial charge is 0.573 e. The lowest BCUT2D eigenvalue weighted by Crippen LogP contribution is -2.50. The number of amides is 2. The number of primary amides is 1. The summed E-state index contributed by atoms with van der Waals surface area (Å²) in [5.41, 5.74) is 5.02. The maximum Gasteiger partial charge on any atom is 0.573 e. The topological polar surface area (TPSA) is 99.9 Å². The van der Waals surface area contributed by atoms with Gasteiger partial charge in [-0.2, -0.15) is 0 Å². The maximum absolute atomic E-state index is 12.3. The standard InChI is InChI=1S/C15H17F3N2O5/c16-15(17,18)25-10-3-1-2-9(6-10)14(22)20-11-4-5-23-7-12(11)24-8-13(19)21/h1-3,6,11-12H,4-5,7-8H2,(H2,19,21)(H,20,22). The number of benzene rings is 1. The molecular formula is C15H17F3N2O5. The summed E-state index contributed by atoms with van der Waals surface area (Å²) in [6.07, 6.45) is -5.00. The zero-order valence-electron chi connectivity index (χ0n) is 13.0. The Morgan fingerprint density at radius 2 is 2.12 bits per heavy atom. The molecule has 1 aliphatic heterocycles. The predicted molar refractivity (Wildman–Crippen MR) is 78.7 cm³/mol. The molecule has 2 unspecified atom stereocenters. The molecule has 2 atom stereocenters. The van der Waals surface area contributed by atoms with Crippen LogP contribution >= 0.6 is 0 Å². The first-order valence-corrected chi connectivity index (χ1v) is 7.39. The van der Waals surface area contributed by atoms with Gasteiger partial charge in [-0.3, -0.25) is 9.59 Å². The second-order valence-electron chi connectivity index (χ2n) is 5.33. The summed E-state index contributed by atoms with van der Waals surface area (Å²) in [5.74, 6) is -1.74. The highest BCUT2D eigenvalue weighted by atomic mass is 19.4. The molecule has 1 heterocycles. The van der Waals surface area contributed by atoms with Crippen molar-refractivity contribution in [3.8, 4) is 5.75 Å². The molecule has 1 aromatic carbocycles. The summed E-state index contributed by atoms with van der Waals surface area (Å²) in [5, 5.41) is 2.67. The number of hydrogen-bond donors (Lipinski definition) is 2. The van der Waals surface area contributed by atoms with Gasteiger partial charge in [-0.05, 0) is 24.6 Å². The molecule has 0 radical (unpaired) electrons. The summed E-state index contributed by atoms with van der Waals surface area (Å²) in [7, 11) is 0. The predicted octanol–water partition coefficient (Wildman–Crippen LogP) is 0.974. The number of carbonyl (C=O) groups is 2. The minimum Gasteiger partial charge on any atom is -0.406 e. The van der Waals surface area contributed by atoms with E-state index >= 15 is 0 Å². The zero-order valence-corrected chi connectivity index (χ0v) is 13.0. The molecule has 1 saturated heterocycles. The Bertz CT molecular complexity index is 623. The molecule has 0 spiro atoms. The van der Waals surface area contributed by atoms with E-state index in [-0.39, 0.29) is 18.8 Å². The van der Waals surface area contributed by atoms with E-state index in [1.165, 1.54) is 12.1 Å². The van der Waals surface area contributed by atoms with Crippen molar-refractivity contribution in [2.75, 3.05) is 19.8 Å². The van der Waals surface area contributed by atoms with E-state index in [4.69, 9.17) is 15.2 Å². The molecule has 0 saturated carbocycles. The molecule has 138 valence electrons. The molecule has 2 amide bonds. The van der Waals surface area contributed by atoms with E-state index in [0.717, 1.165) is 12.1 Å². The number of nitrogens with one attached hydrogen (secondary N) is 1. The number of carbonyl (C=O) groups excluding carboxylic acids is 2. The second-order valence-corrected chi connectivity index (χ2v) is 5.33. The fourth-order valence-electron chi connectivity index (χ4n) is 2.32. The molecule has 25 heavy (non-hydrogen) atoms. The Morgan fingerprint density at radius 1 is 1.36 bits per heavy atom. The molecule has 3 N–H and O–H groups in total. The molecule has 1 aliphatic rings. The summed E-state index contributed by atoms with van der Waals surface area (Å²) in [6, 6.07) is 4.25. The highest BCUT2D eigenvalue weighted by Gasteiger charge is 2.32. The van der Waals surface area contributed by atoms with E-state index in [2.05, 4.69) is 10.1 Å². The normalized spacial score (nSPS) is 20.8. The average Bonchev–Trinajstić information content (AvgIpc) is 2.52. The van der Waals surface area contributed by atoms with E-state index in [9.17, 15) is 22.8 Å². The highest BCUT2D eigenvalue weighted by molar-refractivity contribution is 5.94. The van der Waals surface area contributed by atoms with Crippen LogP contribution in [0.1, 0.15) is 16.8 Å². The van der Waals surface area contributed by atoms with Crippen LogP contribution in [0.15, 0.2) is 24.3 Å². The molecule has 0 aromatic heterocycles. The first-order chi connectivity index (χ1) is 11.7. The van der Waals surface area contributed by atoms with Crippen molar-refractivity contribution < 1.29 is 37.0 Å². The van der Waals surface area contributed by atoms with Crippen LogP contribution in [0.4, 0.5) is 13.2 Å². The van der Waals surface area contributed by atoms with Crippen LogP contribution in [0.5, 0.6) is 5.75 Å². The monoisotopic (exact) mass is 362 g/mol.